The van der Waals surface area contributed by atoms with Crippen LogP contribution in [0.25, 0.3) is 11.5 Å². The van der Waals surface area contributed by atoms with Gasteiger partial charge in [0.2, 0.25) is 10.0 Å². The summed E-state index contributed by atoms with van der Waals surface area (Å²) < 4.78 is 32.7. The maximum Gasteiger partial charge on any atom is 0.243 e. The standard InChI is InChI=1S/C22H30N6O2S2/c1-7-28-21(23-24-22(28)31-8-2)20-17-13-27(10-9-18(17)26(6)25-20)32(29,30)19-12-15(4)14(3)11-16(19)5/h11-12H,7-10,13H2,1-6H3. The van der Waals surface area contributed by atoms with Crippen molar-refractivity contribution in [1.82, 2.24) is 28.9 Å². The minimum Gasteiger partial charge on any atom is -0.301 e. The fourth-order valence-corrected chi connectivity index (χ4v) is 6.72. The number of hydrogen-bond acceptors (Lipinski definition) is 6. The van der Waals surface area contributed by atoms with E-state index >= 15 is 0 Å². The SMILES string of the molecule is CCSc1nnc(-c2nn(C)c3c2CN(S(=O)(=O)c2cc(C)c(C)cc2C)CC3)n1CC. The van der Waals surface area contributed by atoms with Gasteiger partial charge >= 0.3 is 0 Å². The molecular formula is C22H30N6O2S2. The molecule has 2 aromatic heterocycles. The van der Waals surface area contributed by atoms with E-state index < -0.39 is 10.0 Å². The molecule has 0 fully saturated rings. The van der Waals surface area contributed by atoms with Crippen LogP contribution in [0.3, 0.4) is 0 Å². The van der Waals surface area contributed by atoms with Crippen molar-refractivity contribution in [2.24, 2.45) is 7.05 Å². The minimum absolute atomic E-state index is 0.278. The van der Waals surface area contributed by atoms with Crippen LogP contribution >= 0.6 is 11.8 Å². The van der Waals surface area contributed by atoms with Crippen LogP contribution in [0.1, 0.15) is 41.8 Å². The van der Waals surface area contributed by atoms with E-state index in [0.717, 1.165) is 51.1 Å². The van der Waals surface area contributed by atoms with Crippen molar-refractivity contribution in [3.63, 3.8) is 0 Å². The summed E-state index contributed by atoms with van der Waals surface area (Å²) in [7, 11) is -1.72. The lowest BCUT2D eigenvalue weighted by Crippen LogP contribution is -2.36. The molecule has 0 saturated carbocycles. The molecule has 1 aliphatic rings. The zero-order valence-corrected chi connectivity index (χ0v) is 21.1. The Morgan fingerprint density at radius 1 is 1.06 bits per heavy atom. The van der Waals surface area contributed by atoms with Crippen LogP contribution in [0.5, 0.6) is 0 Å². The Kier molecular flexibility index (Phi) is 6.21. The molecule has 1 aromatic carbocycles. The topological polar surface area (TPSA) is 85.9 Å². The third-order valence-corrected chi connectivity index (χ3v) is 8.97. The first kappa shape index (κ1) is 23.0. The van der Waals surface area contributed by atoms with Crippen molar-refractivity contribution < 1.29 is 8.42 Å². The number of fused-ring (bicyclic) bond motifs is 1. The maximum absolute atomic E-state index is 13.6. The summed E-state index contributed by atoms with van der Waals surface area (Å²) in [6, 6.07) is 3.74. The Balaban J connectivity index is 1.76. The quantitative estimate of drug-likeness (QED) is 0.509. The van der Waals surface area contributed by atoms with Crippen molar-refractivity contribution in [2.45, 2.75) is 64.2 Å². The number of hydrogen-bond donors (Lipinski definition) is 0. The third-order valence-electron chi connectivity index (χ3n) is 6.13. The van der Waals surface area contributed by atoms with Crippen LogP contribution < -0.4 is 0 Å². The molecule has 3 aromatic rings. The molecule has 0 unspecified atom stereocenters. The molecule has 4 rings (SSSR count). The molecule has 10 heteroatoms. The number of aromatic nitrogens is 5. The number of nitrogens with zero attached hydrogens (tertiary/aromatic N) is 6. The van der Waals surface area contributed by atoms with Crippen molar-refractivity contribution in [2.75, 3.05) is 12.3 Å². The molecule has 0 N–H and O–H groups in total. The molecule has 1 aliphatic heterocycles. The van der Waals surface area contributed by atoms with E-state index in [1.54, 1.807) is 22.1 Å². The fourth-order valence-electron chi connectivity index (χ4n) is 4.29. The van der Waals surface area contributed by atoms with E-state index in [0.29, 0.717) is 23.7 Å². The van der Waals surface area contributed by atoms with Gasteiger partial charge in [0.05, 0.1) is 4.90 Å². The monoisotopic (exact) mass is 474 g/mol. The highest BCUT2D eigenvalue weighted by Gasteiger charge is 2.34. The molecule has 0 radical (unpaired) electrons. The fraction of sp³-hybridized carbons (Fsp3) is 0.500. The van der Waals surface area contributed by atoms with Gasteiger partial charge in [-0.1, -0.05) is 24.8 Å². The number of rotatable bonds is 6. The first-order valence-electron chi connectivity index (χ1n) is 10.9. The molecule has 8 nitrogen and oxygen atoms in total. The van der Waals surface area contributed by atoms with Gasteiger partial charge in [-0.05, 0) is 56.2 Å². The Bertz CT molecular complexity index is 1280. The van der Waals surface area contributed by atoms with E-state index in [4.69, 9.17) is 5.10 Å². The summed E-state index contributed by atoms with van der Waals surface area (Å²) in [5, 5.41) is 14.4. The zero-order valence-electron chi connectivity index (χ0n) is 19.5. The number of benzene rings is 1. The molecule has 3 heterocycles. The maximum atomic E-state index is 13.6. The van der Waals surface area contributed by atoms with Crippen molar-refractivity contribution >= 4 is 21.8 Å². The Morgan fingerprint density at radius 2 is 1.78 bits per heavy atom. The van der Waals surface area contributed by atoms with E-state index in [2.05, 4.69) is 28.6 Å². The predicted molar refractivity (Wildman–Crippen MR) is 126 cm³/mol. The van der Waals surface area contributed by atoms with Crippen molar-refractivity contribution in [3.05, 3.63) is 40.1 Å². The lowest BCUT2D eigenvalue weighted by molar-refractivity contribution is 0.386. The number of sulfonamides is 1. The molecule has 0 atom stereocenters. The highest BCUT2D eigenvalue weighted by Crippen LogP contribution is 2.33. The number of thioether (sulfide) groups is 1. The average Bonchev–Trinajstić information content (AvgIpc) is 3.30. The Labute approximate surface area is 194 Å². The van der Waals surface area contributed by atoms with Gasteiger partial charge in [-0.2, -0.15) is 9.40 Å². The molecule has 0 saturated heterocycles. The van der Waals surface area contributed by atoms with E-state index in [1.807, 2.05) is 38.6 Å². The van der Waals surface area contributed by atoms with Gasteiger partial charge in [0.25, 0.3) is 0 Å². The predicted octanol–water partition coefficient (Wildman–Crippen LogP) is 3.48. The molecule has 0 aliphatic carbocycles. The summed E-state index contributed by atoms with van der Waals surface area (Å²) in [5.41, 5.74) is 5.54. The van der Waals surface area contributed by atoms with Crippen LogP contribution in [-0.4, -0.2) is 49.6 Å². The Morgan fingerprint density at radius 3 is 2.47 bits per heavy atom. The molecule has 172 valence electrons. The summed E-state index contributed by atoms with van der Waals surface area (Å²) in [6.07, 6.45) is 0.610. The normalized spacial score (nSPS) is 14.7. The summed E-state index contributed by atoms with van der Waals surface area (Å²) in [5.74, 6) is 1.60. The highest BCUT2D eigenvalue weighted by molar-refractivity contribution is 7.99. The lowest BCUT2D eigenvalue weighted by Gasteiger charge is -2.28. The van der Waals surface area contributed by atoms with Crippen LogP contribution in [0.4, 0.5) is 0 Å². The highest BCUT2D eigenvalue weighted by atomic mass is 32.2. The summed E-state index contributed by atoms with van der Waals surface area (Å²) >= 11 is 1.64. The van der Waals surface area contributed by atoms with Crippen LogP contribution in [0.2, 0.25) is 0 Å². The first-order chi connectivity index (χ1) is 15.2. The zero-order chi connectivity index (χ0) is 23.2. The van der Waals surface area contributed by atoms with Crippen molar-refractivity contribution in [3.8, 4) is 11.5 Å². The van der Waals surface area contributed by atoms with Crippen LogP contribution in [0.15, 0.2) is 22.2 Å². The van der Waals surface area contributed by atoms with Gasteiger partial charge in [-0.15, -0.1) is 10.2 Å². The van der Waals surface area contributed by atoms with Crippen molar-refractivity contribution in [1.29, 1.82) is 0 Å². The number of aryl methyl sites for hydroxylation is 4. The Hall–Kier alpha value is -2.17. The molecule has 32 heavy (non-hydrogen) atoms. The van der Waals surface area contributed by atoms with Gasteiger partial charge in [-0.3, -0.25) is 4.68 Å². The summed E-state index contributed by atoms with van der Waals surface area (Å²) in [4.78, 5) is 0.382. The minimum atomic E-state index is -3.63. The largest absolute Gasteiger partial charge is 0.301 e. The first-order valence-corrected chi connectivity index (χ1v) is 13.3. The average molecular weight is 475 g/mol. The van der Waals surface area contributed by atoms with E-state index in [-0.39, 0.29) is 6.54 Å². The second-order valence-electron chi connectivity index (χ2n) is 8.17. The summed E-state index contributed by atoms with van der Waals surface area (Å²) in [6.45, 7) is 11.4. The molecule has 0 spiro atoms. The van der Waals surface area contributed by atoms with Crippen LogP contribution in [-0.2, 0) is 36.6 Å². The van der Waals surface area contributed by atoms with E-state index in [9.17, 15) is 8.42 Å². The molecule has 0 amide bonds. The van der Waals surface area contributed by atoms with Crippen LogP contribution in [0, 0.1) is 20.8 Å². The second-order valence-corrected chi connectivity index (χ2v) is 11.3. The molecule has 0 bridgehead atoms. The van der Waals surface area contributed by atoms with Gasteiger partial charge in [-0.25, -0.2) is 8.42 Å². The second kappa shape index (κ2) is 8.64. The molecular weight excluding hydrogens is 444 g/mol. The van der Waals surface area contributed by atoms with Gasteiger partial charge in [0, 0.05) is 44.4 Å². The third kappa shape index (κ3) is 3.78. The van der Waals surface area contributed by atoms with Gasteiger partial charge in [0.15, 0.2) is 11.0 Å². The smallest absolute Gasteiger partial charge is 0.243 e. The van der Waals surface area contributed by atoms with Gasteiger partial charge in [0.1, 0.15) is 5.69 Å². The van der Waals surface area contributed by atoms with E-state index in [1.165, 1.54) is 0 Å². The van der Waals surface area contributed by atoms with Gasteiger partial charge < -0.3 is 4.57 Å². The lowest BCUT2D eigenvalue weighted by atomic mass is 10.1.